The van der Waals surface area contributed by atoms with Gasteiger partial charge in [-0.05, 0) is 117 Å². The monoisotopic (exact) mass is 661 g/mol. The van der Waals surface area contributed by atoms with Crippen molar-refractivity contribution in [3.05, 3.63) is 63.6 Å². The van der Waals surface area contributed by atoms with E-state index in [0.717, 1.165) is 34.7 Å². The number of nitrogens with one attached hydrogen (secondary N) is 1. The predicted octanol–water partition coefficient (Wildman–Crippen LogP) is 6.95. The Morgan fingerprint density at radius 2 is 1.55 bits per heavy atom. The third kappa shape index (κ3) is 7.07. The maximum Gasteiger partial charge on any atom is 0.244 e. The molecular formula is C34H45Cl2N3O4S. The first-order valence-corrected chi connectivity index (χ1v) is 18.5. The lowest BCUT2D eigenvalue weighted by molar-refractivity contribution is -0.140. The number of rotatable bonds is 12. The molecule has 4 aliphatic carbocycles. The standard InChI is InChI=1S/C34H45Cl2N3O4S/c1-5-22(3)37-33(41)31(6-2)38(20-26-7-10-28(35)16-30(26)36)32(40)21-39(44(4,42)43)29-11-8-27(9-12-29)34-17-23-13-24(18-34)15-25(14-23)19-34/h7-12,16,22-25,31H,5-6,13-15,17-21H2,1-4H3,(H,37,41). The summed E-state index contributed by atoms with van der Waals surface area (Å²) in [5, 5.41) is 3.81. The zero-order chi connectivity index (χ0) is 31.8. The van der Waals surface area contributed by atoms with Gasteiger partial charge in [0, 0.05) is 22.6 Å². The molecule has 2 aromatic rings. The minimum atomic E-state index is -3.82. The molecule has 2 amide bonds. The molecule has 44 heavy (non-hydrogen) atoms. The SMILES string of the molecule is CCC(C)NC(=O)C(CC)N(Cc1ccc(Cl)cc1Cl)C(=O)CN(c1ccc(C23CC4CC(CC(C4)C2)C3)cc1)S(C)(=O)=O. The van der Waals surface area contributed by atoms with Crippen molar-refractivity contribution in [2.24, 2.45) is 17.8 Å². The summed E-state index contributed by atoms with van der Waals surface area (Å²) >= 11 is 12.6. The van der Waals surface area contributed by atoms with Gasteiger partial charge in [-0.3, -0.25) is 13.9 Å². The van der Waals surface area contributed by atoms with Gasteiger partial charge in [0.1, 0.15) is 12.6 Å². The van der Waals surface area contributed by atoms with Crippen molar-refractivity contribution >= 4 is 50.7 Å². The van der Waals surface area contributed by atoms with Crippen LogP contribution >= 0.6 is 23.2 Å². The number of carbonyl (C=O) groups is 2. The van der Waals surface area contributed by atoms with Crippen LogP contribution in [0, 0.1) is 17.8 Å². The lowest BCUT2D eigenvalue weighted by Gasteiger charge is -2.57. The van der Waals surface area contributed by atoms with Gasteiger partial charge in [0.05, 0.1) is 11.9 Å². The van der Waals surface area contributed by atoms with Crippen LogP contribution in [0.2, 0.25) is 10.0 Å². The van der Waals surface area contributed by atoms with Crippen molar-refractivity contribution in [1.29, 1.82) is 0 Å². The second kappa shape index (κ2) is 13.2. The van der Waals surface area contributed by atoms with Crippen LogP contribution in [-0.2, 0) is 31.6 Å². The quantitative estimate of drug-likeness (QED) is 0.267. The second-order valence-corrected chi connectivity index (χ2v) is 16.3. The zero-order valence-corrected chi connectivity index (χ0v) is 28.5. The molecule has 4 aliphatic rings. The molecule has 2 aromatic carbocycles. The lowest BCUT2D eigenvalue weighted by Crippen LogP contribution is -2.53. The molecule has 4 fully saturated rings. The van der Waals surface area contributed by atoms with Crippen LogP contribution in [0.4, 0.5) is 5.69 Å². The summed E-state index contributed by atoms with van der Waals surface area (Å²) in [6.45, 7) is 5.31. The fourth-order valence-electron chi connectivity index (χ4n) is 8.25. The summed E-state index contributed by atoms with van der Waals surface area (Å²) in [5.74, 6) is 1.63. The summed E-state index contributed by atoms with van der Waals surface area (Å²) in [4.78, 5) is 28.9. The van der Waals surface area contributed by atoms with Crippen LogP contribution in [0.5, 0.6) is 0 Å². The fraction of sp³-hybridized carbons (Fsp3) is 0.588. The molecule has 10 heteroatoms. The third-order valence-corrected chi connectivity index (χ3v) is 12.0. The highest BCUT2D eigenvalue weighted by Gasteiger charge is 2.51. The maximum absolute atomic E-state index is 14.1. The van der Waals surface area contributed by atoms with Gasteiger partial charge in [-0.15, -0.1) is 0 Å². The van der Waals surface area contributed by atoms with E-state index in [4.69, 9.17) is 23.2 Å². The summed E-state index contributed by atoms with van der Waals surface area (Å²) in [6, 6.07) is 11.9. The number of hydrogen-bond donors (Lipinski definition) is 1. The number of sulfonamides is 1. The molecule has 0 spiro atoms. The van der Waals surface area contributed by atoms with E-state index in [0.29, 0.717) is 27.7 Å². The minimum Gasteiger partial charge on any atom is -0.352 e. The molecule has 6 rings (SSSR count). The molecule has 7 nitrogen and oxygen atoms in total. The van der Waals surface area contributed by atoms with E-state index in [2.05, 4.69) is 17.4 Å². The number of anilines is 1. The molecular weight excluding hydrogens is 617 g/mol. The largest absolute Gasteiger partial charge is 0.352 e. The van der Waals surface area contributed by atoms with Crippen LogP contribution < -0.4 is 9.62 Å². The van der Waals surface area contributed by atoms with E-state index in [1.165, 1.54) is 49.0 Å². The number of nitrogens with zero attached hydrogens (tertiary/aromatic N) is 2. The van der Waals surface area contributed by atoms with Gasteiger partial charge in [0.15, 0.2) is 0 Å². The number of hydrogen-bond acceptors (Lipinski definition) is 4. The average molecular weight is 663 g/mol. The minimum absolute atomic E-state index is 0.0316. The van der Waals surface area contributed by atoms with Gasteiger partial charge < -0.3 is 10.2 Å². The predicted molar refractivity (Wildman–Crippen MR) is 177 cm³/mol. The molecule has 0 aliphatic heterocycles. The molecule has 0 aromatic heterocycles. The number of benzene rings is 2. The van der Waals surface area contributed by atoms with Gasteiger partial charge in [-0.1, -0.05) is 55.2 Å². The smallest absolute Gasteiger partial charge is 0.244 e. The summed E-state index contributed by atoms with van der Waals surface area (Å²) in [6.07, 6.45) is 9.90. The zero-order valence-electron chi connectivity index (χ0n) is 26.2. The number of amides is 2. The summed E-state index contributed by atoms with van der Waals surface area (Å²) in [5.41, 5.74) is 2.53. The Balaban J connectivity index is 1.42. The summed E-state index contributed by atoms with van der Waals surface area (Å²) < 4.78 is 27.4. The first kappa shape index (κ1) is 33.1. The Morgan fingerprint density at radius 1 is 0.955 bits per heavy atom. The Bertz CT molecular complexity index is 1440. The number of halogens is 2. The van der Waals surface area contributed by atoms with Crippen molar-refractivity contribution in [2.45, 2.75) is 96.2 Å². The van der Waals surface area contributed by atoms with Crippen molar-refractivity contribution < 1.29 is 18.0 Å². The van der Waals surface area contributed by atoms with Gasteiger partial charge >= 0.3 is 0 Å². The number of carbonyl (C=O) groups excluding carboxylic acids is 2. The summed E-state index contributed by atoms with van der Waals surface area (Å²) in [7, 11) is -3.82. The maximum atomic E-state index is 14.1. The highest BCUT2D eigenvalue weighted by molar-refractivity contribution is 7.92. The molecule has 1 N–H and O–H groups in total. The molecule has 0 saturated heterocycles. The van der Waals surface area contributed by atoms with Crippen LogP contribution in [0.15, 0.2) is 42.5 Å². The molecule has 0 radical (unpaired) electrons. The highest BCUT2D eigenvalue weighted by Crippen LogP contribution is 2.60. The van der Waals surface area contributed by atoms with E-state index < -0.39 is 28.5 Å². The van der Waals surface area contributed by atoms with E-state index in [9.17, 15) is 18.0 Å². The van der Waals surface area contributed by atoms with Crippen molar-refractivity contribution in [2.75, 3.05) is 17.1 Å². The molecule has 0 heterocycles. The van der Waals surface area contributed by atoms with Crippen LogP contribution in [0.25, 0.3) is 0 Å². The van der Waals surface area contributed by atoms with Crippen LogP contribution in [0.3, 0.4) is 0 Å². The first-order valence-electron chi connectivity index (χ1n) is 15.9. The van der Waals surface area contributed by atoms with Gasteiger partial charge in [0.25, 0.3) is 0 Å². The Morgan fingerprint density at radius 3 is 2.05 bits per heavy atom. The molecule has 4 saturated carbocycles. The van der Waals surface area contributed by atoms with Gasteiger partial charge in [-0.25, -0.2) is 8.42 Å². The van der Waals surface area contributed by atoms with E-state index in [-0.39, 0.29) is 23.9 Å². The molecule has 240 valence electrons. The topological polar surface area (TPSA) is 86.8 Å². The Hall–Kier alpha value is -2.29. The van der Waals surface area contributed by atoms with E-state index in [1.807, 2.05) is 32.9 Å². The molecule has 2 unspecified atom stereocenters. The van der Waals surface area contributed by atoms with Crippen LogP contribution in [0.1, 0.15) is 83.3 Å². The third-order valence-electron chi connectivity index (χ3n) is 10.2. The second-order valence-electron chi connectivity index (χ2n) is 13.5. The molecule has 4 bridgehead atoms. The normalized spacial score (nSPS) is 25.4. The van der Waals surface area contributed by atoms with E-state index >= 15 is 0 Å². The van der Waals surface area contributed by atoms with Gasteiger partial charge in [-0.2, -0.15) is 0 Å². The van der Waals surface area contributed by atoms with Crippen molar-refractivity contribution in [3.8, 4) is 0 Å². The Kier molecular flexibility index (Phi) is 9.93. The highest BCUT2D eigenvalue weighted by atomic mass is 35.5. The lowest BCUT2D eigenvalue weighted by atomic mass is 9.48. The molecule has 2 atom stereocenters. The van der Waals surface area contributed by atoms with Gasteiger partial charge in [0.2, 0.25) is 21.8 Å². The van der Waals surface area contributed by atoms with Crippen molar-refractivity contribution in [3.63, 3.8) is 0 Å². The Labute approximate surface area is 272 Å². The average Bonchev–Trinajstić information content (AvgIpc) is 2.95. The van der Waals surface area contributed by atoms with E-state index in [1.54, 1.807) is 18.2 Å². The first-order chi connectivity index (χ1) is 20.8. The van der Waals surface area contributed by atoms with Crippen molar-refractivity contribution in [1.82, 2.24) is 10.2 Å². The van der Waals surface area contributed by atoms with Crippen LogP contribution in [-0.4, -0.2) is 50.0 Å². The fourth-order valence-corrected chi connectivity index (χ4v) is 9.57.